The minimum Gasteiger partial charge on any atom is -0.508 e. The summed E-state index contributed by atoms with van der Waals surface area (Å²) in [5.74, 6) is -1.10. The Bertz CT molecular complexity index is 639. The highest BCUT2D eigenvalue weighted by molar-refractivity contribution is 5.85. The summed E-state index contributed by atoms with van der Waals surface area (Å²) in [6.45, 7) is 0. The Morgan fingerprint density at radius 1 is 1.50 bits per heavy atom. The summed E-state index contributed by atoms with van der Waals surface area (Å²) < 4.78 is 0. The van der Waals surface area contributed by atoms with E-state index in [2.05, 4.69) is 9.98 Å². The van der Waals surface area contributed by atoms with Gasteiger partial charge in [0, 0.05) is 23.5 Å². The molecule has 2 rings (SSSR count). The van der Waals surface area contributed by atoms with Gasteiger partial charge in [0.2, 0.25) is 6.08 Å². The van der Waals surface area contributed by atoms with Crippen LogP contribution in [-0.2, 0) is 16.0 Å². The second kappa shape index (κ2) is 4.73. The van der Waals surface area contributed by atoms with E-state index in [1.807, 2.05) is 0 Å². The van der Waals surface area contributed by atoms with Gasteiger partial charge in [-0.25, -0.2) is 9.59 Å². The molecule has 0 radical (unpaired) electrons. The van der Waals surface area contributed by atoms with Crippen molar-refractivity contribution in [1.82, 2.24) is 4.98 Å². The molecule has 92 valence electrons. The Balaban J connectivity index is 2.39. The number of carboxylic acid groups (broad SMARTS) is 1. The van der Waals surface area contributed by atoms with Gasteiger partial charge < -0.3 is 15.2 Å². The molecule has 6 heteroatoms. The summed E-state index contributed by atoms with van der Waals surface area (Å²) in [5.41, 5.74) is 1.45. The van der Waals surface area contributed by atoms with Crippen LogP contribution in [0.25, 0.3) is 10.9 Å². The van der Waals surface area contributed by atoms with E-state index in [1.165, 1.54) is 18.2 Å². The fourth-order valence-corrected chi connectivity index (χ4v) is 1.80. The summed E-state index contributed by atoms with van der Waals surface area (Å²) >= 11 is 0. The molecule has 0 aliphatic rings. The third kappa shape index (κ3) is 2.23. The van der Waals surface area contributed by atoms with Gasteiger partial charge in [0.05, 0.1) is 0 Å². The molecule has 1 unspecified atom stereocenters. The molecule has 0 spiro atoms. The molecule has 0 bridgehead atoms. The van der Waals surface area contributed by atoms with Gasteiger partial charge >= 0.3 is 5.97 Å². The number of rotatable bonds is 4. The number of aliphatic imine (C=N–C) groups is 1. The van der Waals surface area contributed by atoms with Crippen LogP contribution in [0.2, 0.25) is 0 Å². The lowest BCUT2D eigenvalue weighted by molar-refractivity contribution is -0.138. The average molecular weight is 246 g/mol. The second-order valence-corrected chi connectivity index (χ2v) is 3.82. The lowest BCUT2D eigenvalue weighted by Gasteiger charge is -2.04. The van der Waals surface area contributed by atoms with Crippen LogP contribution in [-0.4, -0.2) is 33.3 Å². The van der Waals surface area contributed by atoms with Gasteiger partial charge in [-0.05, 0) is 23.8 Å². The molecule has 6 nitrogen and oxygen atoms in total. The van der Waals surface area contributed by atoms with Crippen LogP contribution in [0.1, 0.15) is 5.56 Å². The predicted octanol–water partition coefficient (Wildman–Crippen LogP) is 1.20. The molecule has 1 aromatic heterocycles. The second-order valence-electron chi connectivity index (χ2n) is 3.82. The maximum atomic E-state index is 10.9. The molecule has 18 heavy (non-hydrogen) atoms. The molecule has 1 atom stereocenters. The fourth-order valence-electron chi connectivity index (χ4n) is 1.80. The van der Waals surface area contributed by atoms with Gasteiger partial charge in [0.1, 0.15) is 5.75 Å². The minimum absolute atomic E-state index is 0.0635. The predicted molar refractivity (Wildman–Crippen MR) is 63.2 cm³/mol. The van der Waals surface area contributed by atoms with Crippen LogP contribution < -0.4 is 0 Å². The van der Waals surface area contributed by atoms with Crippen LogP contribution in [0.3, 0.4) is 0 Å². The van der Waals surface area contributed by atoms with Crippen molar-refractivity contribution in [3.05, 3.63) is 30.0 Å². The van der Waals surface area contributed by atoms with Crippen molar-refractivity contribution in [1.29, 1.82) is 0 Å². The molecule has 1 aromatic carbocycles. The van der Waals surface area contributed by atoms with E-state index in [0.717, 1.165) is 5.52 Å². The molecule has 3 N–H and O–H groups in total. The average Bonchev–Trinajstić information content (AvgIpc) is 2.71. The molecule has 0 aliphatic heterocycles. The van der Waals surface area contributed by atoms with Gasteiger partial charge in [-0.3, -0.25) is 0 Å². The van der Waals surface area contributed by atoms with Gasteiger partial charge in [-0.2, -0.15) is 4.99 Å². The maximum Gasteiger partial charge on any atom is 0.329 e. The van der Waals surface area contributed by atoms with Crippen LogP contribution in [0, 0.1) is 0 Å². The summed E-state index contributed by atoms with van der Waals surface area (Å²) in [5, 5.41) is 19.0. The molecule has 2 aromatic rings. The molecule has 0 fully saturated rings. The molecule has 0 amide bonds. The number of aliphatic carboxylic acids is 1. The topological polar surface area (TPSA) is 103 Å². The van der Waals surface area contributed by atoms with Crippen LogP contribution >= 0.6 is 0 Å². The first-order valence-electron chi connectivity index (χ1n) is 5.20. The van der Waals surface area contributed by atoms with Crippen LogP contribution in [0.15, 0.2) is 29.4 Å². The molecule has 1 heterocycles. The first-order valence-corrected chi connectivity index (χ1v) is 5.20. The maximum absolute atomic E-state index is 10.9. The number of hydrogen-bond donors (Lipinski definition) is 3. The van der Waals surface area contributed by atoms with E-state index >= 15 is 0 Å². The molecule has 0 aliphatic carbocycles. The monoisotopic (exact) mass is 246 g/mol. The van der Waals surface area contributed by atoms with E-state index in [9.17, 15) is 14.7 Å². The highest BCUT2D eigenvalue weighted by Gasteiger charge is 2.18. The number of nitrogens with zero attached hydrogens (tertiary/aromatic N) is 1. The number of hydrogen-bond acceptors (Lipinski definition) is 4. The number of H-pyrrole nitrogens is 1. The number of phenols is 1. The Kier molecular flexibility index (Phi) is 3.12. The van der Waals surface area contributed by atoms with E-state index < -0.39 is 12.0 Å². The lowest BCUT2D eigenvalue weighted by atomic mass is 10.1. The highest BCUT2D eigenvalue weighted by atomic mass is 16.4. The number of fused-ring (bicyclic) bond motifs is 1. The lowest BCUT2D eigenvalue weighted by Crippen LogP contribution is -2.20. The Morgan fingerprint density at radius 2 is 2.28 bits per heavy atom. The van der Waals surface area contributed by atoms with Gasteiger partial charge in [-0.1, -0.05) is 0 Å². The fraction of sp³-hybridized carbons (Fsp3) is 0.167. The molecule has 0 saturated carbocycles. The zero-order valence-electron chi connectivity index (χ0n) is 9.25. The van der Waals surface area contributed by atoms with E-state index in [4.69, 9.17) is 5.11 Å². The number of nitrogens with one attached hydrogen (secondary N) is 1. The first kappa shape index (κ1) is 11.9. The number of carbonyl (C=O) groups is 1. The number of aromatic hydroxyl groups is 1. The standard InChI is InChI=1S/C12H10N2O4/c15-6-14-11(12(17)18)3-7-5-13-10-2-1-8(16)4-9(7)10/h1-2,4-5,11,13,16H,3H2,(H,17,18). The third-order valence-corrected chi connectivity index (χ3v) is 2.66. The normalized spacial score (nSPS) is 12.0. The summed E-state index contributed by atoms with van der Waals surface area (Å²) in [4.78, 5) is 27.3. The van der Waals surface area contributed by atoms with Crippen molar-refractivity contribution in [2.24, 2.45) is 4.99 Å². The van der Waals surface area contributed by atoms with E-state index in [-0.39, 0.29) is 12.2 Å². The molecule has 0 saturated heterocycles. The number of isocyanates is 1. The number of phenolic OH excluding ortho intramolecular Hbond substituents is 1. The van der Waals surface area contributed by atoms with Gasteiger partial charge in [-0.15, -0.1) is 0 Å². The molecular weight excluding hydrogens is 236 g/mol. The van der Waals surface area contributed by atoms with Crippen molar-refractivity contribution in [3.8, 4) is 5.75 Å². The first-order chi connectivity index (χ1) is 8.61. The third-order valence-electron chi connectivity index (χ3n) is 2.66. The van der Waals surface area contributed by atoms with Crippen LogP contribution in [0.5, 0.6) is 5.75 Å². The number of aromatic amines is 1. The van der Waals surface area contributed by atoms with Crippen molar-refractivity contribution in [3.63, 3.8) is 0 Å². The summed E-state index contributed by atoms with van der Waals surface area (Å²) in [6.07, 6.45) is 2.96. The van der Waals surface area contributed by atoms with E-state index in [0.29, 0.717) is 10.9 Å². The van der Waals surface area contributed by atoms with E-state index in [1.54, 1.807) is 12.3 Å². The van der Waals surface area contributed by atoms with Crippen molar-refractivity contribution in [2.45, 2.75) is 12.5 Å². The van der Waals surface area contributed by atoms with Crippen molar-refractivity contribution < 1.29 is 19.8 Å². The largest absolute Gasteiger partial charge is 0.508 e. The summed E-state index contributed by atoms with van der Waals surface area (Å²) in [6, 6.07) is 3.59. The SMILES string of the molecule is O=C=NC(Cc1c[nH]c2ccc(O)cc12)C(=O)O. The van der Waals surface area contributed by atoms with Crippen LogP contribution in [0.4, 0.5) is 0 Å². The number of carboxylic acids is 1. The Morgan fingerprint density at radius 3 is 2.94 bits per heavy atom. The number of aromatic nitrogens is 1. The Hall–Kier alpha value is -2.59. The summed E-state index contributed by atoms with van der Waals surface area (Å²) in [7, 11) is 0. The van der Waals surface area contributed by atoms with Crippen molar-refractivity contribution in [2.75, 3.05) is 0 Å². The Labute approximate surface area is 102 Å². The smallest absolute Gasteiger partial charge is 0.329 e. The zero-order valence-corrected chi connectivity index (χ0v) is 9.25. The quantitative estimate of drug-likeness (QED) is 0.557. The van der Waals surface area contributed by atoms with Crippen molar-refractivity contribution >= 4 is 23.0 Å². The molecular formula is C12H10N2O4. The minimum atomic E-state index is -1.19. The van der Waals surface area contributed by atoms with Gasteiger partial charge in [0.15, 0.2) is 6.04 Å². The number of carbonyl (C=O) groups excluding carboxylic acids is 1. The zero-order chi connectivity index (χ0) is 13.1. The number of benzene rings is 1. The van der Waals surface area contributed by atoms with Gasteiger partial charge in [0.25, 0.3) is 0 Å². The highest BCUT2D eigenvalue weighted by Crippen LogP contribution is 2.24.